The molecule has 4 nitrogen and oxygen atoms in total. The minimum atomic E-state index is 0.441. The SMILES string of the molecule is C=C(Nc1ccc(C)cc1C)C1=C(/N=C\C)CC(C(=C)N2CC(CC)(CC)C2)=N1. The van der Waals surface area contributed by atoms with Crippen LogP contribution >= 0.6 is 0 Å². The van der Waals surface area contributed by atoms with Crippen molar-refractivity contribution >= 4 is 17.6 Å². The molecule has 154 valence electrons. The third-order valence-electron chi connectivity index (χ3n) is 6.36. The van der Waals surface area contributed by atoms with E-state index in [4.69, 9.17) is 4.99 Å². The number of hydrogen-bond acceptors (Lipinski definition) is 4. The van der Waals surface area contributed by atoms with Gasteiger partial charge in [0.1, 0.15) is 5.70 Å². The lowest BCUT2D eigenvalue weighted by Crippen LogP contribution is -2.55. The van der Waals surface area contributed by atoms with E-state index in [9.17, 15) is 0 Å². The summed E-state index contributed by atoms with van der Waals surface area (Å²) in [5.74, 6) is 0. The minimum absolute atomic E-state index is 0.441. The zero-order chi connectivity index (χ0) is 21.2. The standard InChI is InChI=1S/C25H34N4/c1-8-25(9-2)15-29(16-25)20(7)22-14-23(26-10-3)24(28-22)19(6)27-21-12-11-17(4)13-18(21)5/h10-13,27H,6-9,14-16H2,1-5H3/b26-10-. The number of rotatable bonds is 8. The van der Waals surface area contributed by atoms with Gasteiger partial charge in [-0.2, -0.15) is 0 Å². The van der Waals surface area contributed by atoms with Crippen molar-refractivity contribution in [2.75, 3.05) is 18.4 Å². The zero-order valence-corrected chi connectivity index (χ0v) is 18.6. The fraction of sp³-hybridized carbons (Fsp3) is 0.440. The number of allylic oxidation sites excluding steroid dienone is 2. The Kier molecular flexibility index (Phi) is 6.11. The highest BCUT2D eigenvalue weighted by Gasteiger charge is 2.41. The highest BCUT2D eigenvalue weighted by Crippen LogP contribution is 2.40. The molecule has 0 unspecified atom stereocenters. The lowest BCUT2D eigenvalue weighted by Gasteiger charge is -2.51. The van der Waals surface area contributed by atoms with Crippen molar-refractivity contribution < 1.29 is 0 Å². The predicted molar refractivity (Wildman–Crippen MR) is 126 cm³/mol. The monoisotopic (exact) mass is 390 g/mol. The summed E-state index contributed by atoms with van der Waals surface area (Å²) in [7, 11) is 0. The number of nitrogens with zero attached hydrogens (tertiary/aromatic N) is 3. The summed E-state index contributed by atoms with van der Waals surface area (Å²) >= 11 is 0. The first-order valence-electron chi connectivity index (χ1n) is 10.6. The molecule has 2 aliphatic rings. The van der Waals surface area contributed by atoms with E-state index in [-0.39, 0.29) is 0 Å². The van der Waals surface area contributed by atoms with Gasteiger partial charge in [0.15, 0.2) is 0 Å². The van der Waals surface area contributed by atoms with Gasteiger partial charge in [-0.1, -0.05) is 44.7 Å². The fourth-order valence-corrected chi connectivity index (χ4v) is 4.16. The molecule has 0 atom stereocenters. The number of aryl methyl sites for hydroxylation is 2. The molecule has 0 bridgehead atoms. The number of benzene rings is 1. The lowest BCUT2D eigenvalue weighted by atomic mass is 9.74. The Morgan fingerprint density at radius 3 is 2.52 bits per heavy atom. The molecule has 1 aromatic carbocycles. The van der Waals surface area contributed by atoms with E-state index in [1.54, 1.807) is 0 Å². The summed E-state index contributed by atoms with van der Waals surface area (Å²) < 4.78 is 0. The van der Waals surface area contributed by atoms with Crippen LogP contribution < -0.4 is 5.32 Å². The molecule has 0 saturated carbocycles. The Morgan fingerprint density at radius 2 is 1.93 bits per heavy atom. The quantitative estimate of drug-likeness (QED) is 0.552. The fourth-order valence-electron chi connectivity index (χ4n) is 4.16. The van der Waals surface area contributed by atoms with Crippen LogP contribution in [0.5, 0.6) is 0 Å². The van der Waals surface area contributed by atoms with E-state index in [2.05, 4.69) is 74.3 Å². The van der Waals surface area contributed by atoms with Crippen LogP contribution in [-0.4, -0.2) is 29.9 Å². The van der Waals surface area contributed by atoms with Crippen LogP contribution in [0.25, 0.3) is 0 Å². The van der Waals surface area contributed by atoms with E-state index in [0.29, 0.717) is 11.8 Å². The summed E-state index contributed by atoms with van der Waals surface area (Å²) in [5.41, 5.74) is 8.52. The van der Waals surface area contributed by atoms with Gasteiger partial charge in [0.05, 0.1) is 22.8 Å². The second-order valence-electron chi connectivity index (χ2n) is 8.35. The van der Waals surface area contributed by atoms with Crippen molar-refractivity contribution in [3.05, 3.63) is 65.3 Å². The molecule has 0 aromatic heterocycles. The van der Waals surface area contributed by atoms with E-state index in [1.807, 2.05) is 13.1 Å². The van der Waals surface area contributed by atoms with Crippen LogP contribution in [0.4, 0.5) is 5.69 Å². The Balaban J connectivity index is 1.76. The van der Waals surface area contributed by atoms with Gasteiger partial charge in [-0.05, 0) is 45.2 Å². The Morgan fingerprint density at radius 1 is 1.24 bits per heavy atom. The highest BCUT2D eigenvalue weighted by molar-refractivity contribution is 6.03. The molecule has 2 heterocycles. The molecular weight excluding hydrogens is 356 g/mol. The summed E-state index contributed by atoms with van der Waals surface area (Å²) in [5, 5.41) is 3.44. The van der Waals surface area contributed by atoms with Gasteiger partial charge in [-0.15, -0.1) is 0 Å². The van der Waals surface area contributed by atoms with Gasteiger partial charge in [0, 0.05) is 36.8 Å². The molecule has 4 heteroatoms. The van der Waals surface area contributed by atoms with Crippen LogP contribution in [0.2, 0.25) is 0 Å². The van der Waals surface area contributed by atoms with Gasteiger partial charge in [-0.25, -0.2) is 4.99 Å². The summed E-state index contributed by atoms with van der Waals surface area (Å²) in [6, 6.07) is 6.36. The van der Waals surface area contributed by atoms with Gasteiger partial charge >= 0.3 is 0 Å². The third-order valence-corrected chi connectivity index (χ3v) is 6.36. The Bertz CT molecular complexity index is 905. The maximum absolute atomic E-state index is 4.91. The average molecular weight is 391 g/mol. The van der Waals surface area contributed by atoms with E-state index < -0.39 is 0 Å². The van der Waals surface area contributed by atoms with E-state index in [1.165, 1.54) is 24.0 Å². The molecule has 0 aliphatic carbocycles. The Hall–Kier alpha value is -2.62. The molecule has 1 fully saturated rings. The van der Waals surface area contributed by atoms with Crippen LogP contribution in [-0.2, 0) is 0 Å². The number of nitrogens with one attached hydrogen (secondary N) is 1. The molecule has 1 N–H and O–H groups in total. The first-order valence-corrected chi connectivity index (χ1v) is 10.6. The largest absolute Gasteiger partial charge is 0.369 e. The zero-order valence-electron chi connectivity index (χ0n) is 18.6. The van der Waals surface area contributed by atoms with Crippen molar-refractivity contribution in [2.45, 2.75) is 53.9 Å². The topological polar surface area (TPSA) is 40.0 Å². The second kappa shape index (κ2) is 8.40. The van der Waals surface area contributed by atoms with Gasteiger partial charge in [-0.3, -0.25) is 4.99 Å². The number of aliphatic imine (C=N–C) groups is 2. The summed E-state index contributed by atoms with van der Waals surface area (Å²) in [6.45, 7) is 21.5. The molecule has 3 rings (SSSR count). The van der Waals surface area contributed by atoms with Crippen LogP contribution in [0.1, 0.15) is 51.2 Å². The van der Waals surface area contributed by atoms with Gasteiger partial charge in [0.2, 0.25) is 0 Å². The molecule has 1 aromatic rings. The van der Waals surface area contributed by atoms with Crippen LogP contribution in [0, 0.1) is 19.3 Å². The Labute approximate surface area is 175 Å². The normalized spacial score (nSPS) is 18.1. The molecule has 1 saturated heterocycles. The summed E-state index contributed by atoms with van der Waals surface area (Å²) in [6.07, 6.45) is 4.95. The third kappa shape index (κ3) is 4.21. The lowest BCUT2D eigenvalue weighted by molar-refractivity contribution is 0.0273. The maximum Gasteiger partial charge on any atom is 0.108 e. The minimum Gasteiger partial charge on any atom is -0.369 e. The molecule has 0 amide bonds. The van der Waals surface area contributed by atoms with Crippen LogP contribution in [0.3, 0.4) is 0 Å². The van der Waals surface area contributed by atoms with Gasteiger partial charge in [0.25, 0.3) is 0 Å². The summed E-state index contributed by atoms with van der Waals surface area (Å²) in [4.78, 5) is 11.9. The number of hydrogen-bond donors (Lipinski definition) is 1. The smallest absolute Gasteiger partial charge is 0.108 e. The van der Waals surface area contributed by atoms with Gasteiger partial charge < -0.3 is 10.2 Å². The highest BCUT2D eigenvalue weighted by atomic mass is 15.2. The van der Waals surface area contributed by atoms with E-state index in [0.717, 1.165) is 47.3 Å². The van der Waals surface area contributed by atoms with Crippen molar-refractivity contribution in [3.8, 4) is 0 Å². The number of likely N-dealkylation sites (tertiary alicyclic amines) is 1. The first-order chi connectivity index (χ1) is 13.8. The van der Waals surface area contributed by atoms with Crippen molar-refractivity contribution in [2.24, 2.45) is 15.4 Å². The molecular formula is C25H34N4. The molecule has 0 radical (unpaired) electrons. The maximum atomic E-state index is 4.91. The molecule has 29 heavy (non-hydrogen) atoms. The first kappa shape index (κ1) is 21.1. The van der Waals surface area contributed by atoms with Crippen LogP contribution in [0.15, 0.2) is 64.1 Å². The van der Waals surface area contributed by atoms with E-state index >= 15 is 0 Å². The molecule has 2 aliphatic heterocycles. The predicted octanol–water partition coefficient (Wildman–Crippen LogP) is 6.01. The van der Waals surface area contributed by atoms with Crippen molar-refractivity contribution in [3.63, 3.8) is 0 Å². The average Bonchev–Trinajstić information content (AvgIpc) is 3.08. The molecule has 0 spiro atoms. The number of anilines is 1. The second-order valence-corrected chi connectivity index (χ2v) is 8.35. The van der Waals surface area contributed by atoms with Crippen molar-refractivity contribution in [1.82, 2.24) is 4.90 Å². The van der Waals surface area contributed by atoms with Crippen molar-refractivity contribution in [1.29, 1.82) is 0 Å².